The number of aromatic nitrogens is 2. The molecule has 0 saturated carbocycles. The molecule has 1 aromatic carbocycles. The largest absolute Gasteiger partial charge is 0.396 e. The van der Waals surface area contributed by atoms with Crippen molar-refractivity contribution in [2.45, 2.75) is 18.5 Å². The van der Waals surface area contributed by atoms with Crippen molar-refractivity contribution < 1.29 is 9.90 Å². The second kappa shape index (κ2) is 8.53. The maximum Gasteiger partial charge on any atom is 0.255 e. The Labute approximate surface area is 152 Å². The smallest absolute Gasteiger partial charge is 0.255 e. The third-order valence-electron chi connectivity index (χ3n) is 3.11. The van der Waals surface area contributed by atoms with Gasteiger partial charge in [-0.05, 0) is 25.1 Å². The average Bonchev–Trinajstić information content (AvgIpc) is 2.51. The summed E-state index contributed by atoms with van der Waals surface area (Å²) in [5, 5.41) is 12.8. The van der Waals surface area contributed by atoms with Crippen LogP contribution in [-0.4, -0.2) is 33.3 Å². The van der Waals surface area contributed by atoms with Crippen LogP contribution in [0, 0.1) is 6.92 Å². The number of thioether (sulfide) groups is 1. The first-order chi connectivity index (χ1) is 11.4. The topological polar surface area (TPSA) is 95.1 Å². The summed E-state index contributed by atoms with van der Waals surface area (Å²) in [6, 6.07) is 4.77. The Kier molecular flexibility index (Phi) is 6.68. The summed E-state index contributed by atoms with van der Waals surface area (Å²) >= 11 is 12.9. The number of hydrogen-bond donors (Lipinski definition) is 3. The zero-order chi connectivity index (χ0) is 17.7. The highest BCUT2D eigenvalue weighted by Crippen LogP contribution is 2.25. The van der Waals surface area contributed by atoms with Gasteiger partial charge in [0.05, 0.1) is 16.5 Å². The molecule has 0 fully saturated rings. The van der Waals surface area contributed by atoms with Gasteiger partial charge in [-0.15, -0.1) is 0 Å². The van der Waals surface area contributed by atoms with E-state index in [2.05, 4.69) is 15.3 Å². The number of aryl methyl sites for hydroxylation is 1. The van der Waals surface area contributed by atoms with E-state index in [1.807, 2.05) is 0 Å². The van der Waals surface area contributed by atoms with Crippen molar-refractivity contribution in [2.24, 2.45) is 0 Å². The Morgan fingerprint density at radius 3 is 2.79 bits per heavy atom. The number of carbonyl (C=O) groups excluding carboxylic acids is 1. The second-order valence-electron chi connectivity index (χ2n) is 4.87. The minimum Gasteiger partial charge on any atom is -0.396 e. The Bertz CT molecular complexity index is 811. The lowest BCUT2D eigenvalue weighted by molar-refractivity contribution is -0.113. The minimum atomic E-state index is -0.305. The van der Waals surface area contributed by atoms with Crippen LogP contribution in [0.1, 0.15) is 11.3 Å². The van der Waals surface area contributed by atoms with Gasteiger partial charge in [0.1, 0.15) is 0 Å². The molecule has 0 spiro atoms. The molecule has 0 saturated heterocycles. The maximum absolute atomic E-state index is 12.0. The first-order valence-corrected chi connectivity index (χ1v) is 8.73. The van der Waals surface area contributed by atoms with Gasteiger partial charge in [-0.3, -0.25) is 9.59 Å². The molecule has 3 N–H and O–H groups in total. The van der Waals surface area contributed by atoms with Crippen LogP contribution in [0.15, 0.2) is 28.2 Å². The maximum atomic E-state index is 12.0. The molecule has 2 aromatic rings. The van der Waals surface area contributed by atoms with E-state index in [1.54, 1.807) is 19.1 Å². The van der Waals surface area contributed by atoms with E-state index in [-0.39, 0.29) is 30.2 Å². The Hall–Kier alpha value is -1.54. The van der Waals surface area contributed by atoms with Gasteiger partial charge >= 0.3 is 0 Å². The van der Waals surface area contributed by atoms with Gasteiger partial charge < -0.3 is 15.4 Å². The number of halogens is 2. The first-order valence-electron chi connectivity index (χ1n) is 6.99. The minimum absolute atomic E-state index is 0.0562. The Balaban J connectivity index is 2.00. The molecule has 1 amide bonds. The van der Waals surface area contributed by atoms with Crippen LogP contribution in [0.5, 0.6) is 0 Å². The van der Waals surface area contributed by atoms with Crippen LogP contribution < -0.4 is 10.9 Å². The van der Waals surface area contributed by atoms with E-state index in [4.69, 9.17) is 28.3 Å². The number of hydrogen-bond acceptors (Lipinski definition) is 5. The summed E-state index contributed by atoms with van der Waals surface area (Å²) in [4.78, 5) is 30.7. The van der Waals surface area contributed by atoms with Crippen molar-refractivity contribution in [2.75, 3.05) is 17.7 Å². The molecule has 0 bridgehead atoms. The molecule has 1 aromatic heterocycles. The quantitative estimate of drug-likeness (QED) is 0.523. The number of amides is 1. The van der Waals surface area contributed by atoms with Crippen LogP contribution in [0.2, 0.25) is 10.0 Å². The van der Waals surface area contributed by atoms with Crippen LogP contribution in [0.25, 0.3) is 0 Å². The summed E-state index contributed by atoms with van der Waals surface area (Å²) in [7, 11) is 0. The van der Waals surface area contributed by atoms with Gasteiger partial charge in [-0.1, -0.05) is 35.0 Å². The van der Waals surface area contributed by atoms with Crippen molar-refractivity contribution in [1.29, 1.82) is 0 Å². The molecule has 128 valence electrons. The number of nitrogens with zero attached hydrogens (tertiary/aromatic N) is 1. The molecule has 0 atom stereocenters. The lowest BCUT2D eigenvalue weighted by Gasteiger charge is -2.08. The molecular formula is C15H15Cl2N3O3S. The first kappa shape index (κ1) is 18.8. The molecule has 6 nitrogen and oxygen atoms in total. The number of benzene rings is 1. The molecule has 9 heteroatoms. The zero-order valence-corrected chi connectivity index (χ0v) is 15.1. The van der Waals surface area contributed by atoms with Crippen LogP contribution in [-0.2, 0) is 11.2 Å². The summed E-state index contributed by atoms with van der Waals surface area (Å²) in [5.41, 5.74) is 1.14. The molecule has 24 heavy (non-hydrogen) atoms. The number of aromatic amines is 1. The summed E-state index contributed by atoms with van der Waals surface area (Å²) in [6.45, 7) is 1.57. The molecule has 2 rings (SSSR count). The van der Waals surface area contributed by atoms with Crippen LogP contribution >= 0.6 is 35.0 Å². The highest BCUT2D eigenvalue weighted by Gasteiger charge is 2.11. The van der Waals surface area contributed by atoms with Gasteiger partial charge in [0.25, 0.3) is 5.56 Å². The van der Waals surface area contributed by atoms with Gasteiger partial charge in [0.2, 0.25) is 5.91 Å². The molecular weight excluding hydrogens is 373 g/mol. The molecule has 1 heterocycles. The molecule has 0 aliphatic rings. The van der Waals surface area contributed by atoms with Gasteiger partial charge in [0.15, 0.2) is 5.16 Å². The van der Waals surface area contributed by atoms with Crippen molar-refractivity contribution in [1.82, 2.24) is 9.97 Å². The fourth-order valence-electron chi connectivity index (χ4n) is 1.97. The summed E-state index contributed by atoms with van der Waals surface area (Å²) < 4.78 is 0. The highest BCUT2D eigenvalue weighted by atomic mass is 35.5. The molecule has 0 unspecified atom stereocenters. The number of aliphatic hydroxyl groups excluding tert-OH is 1. The summed E-state index contributed by atoms with van der Waals surface area (Å²) in [5.74, 6) is -0.232. The number of H-pyrrole nitrogens is 1. The van der Waals surface area contributed by atoms with E-state index in [0.717, 1.165) is 11.8 Å². The fraction of sp³-hybridized carbons (Fsp3) is 0.267. The van der Waals surface area contributed by atoms with E-state index in [1.165, 1.54) is 6.07 Å². The van der Waals surface area contributed by atoms with Crippen LogP contribution in [0.3, 0.4) is 0 Å². The third-order valence-corrected chi connectivity index (χ3v) is 4.53. The van der Waals surface area contributed by atoms with Crippen molar-refractivity contribution in [3.63, 3.8) is 0 Å². The third kappa shape index (κ3) is 4.98. The number of nitrogens with one attached hydrogen (secondary N) is 2. The Morgan fingerprint density at radius 1 is 1.42 bits per heavy atom. The van der Waals surface area contributed by atoms with Crippen LogP contribution in [0.4, 0.5) is 5.69 Å². The lowest BCUT2D eigenvalue weighted by Crippen LogP contribution is -2.19. The fourth-order valence-corrected chi connectivity index (χ4v) is 3.13. The standard InChI is InChI=1S/C15H15Cl2N3O3S/c1-8-10(4-5-21)14(23)20-15(18-8)24-7-13(22)19-12-3-2-9(16)6-11(12)17/h2-3,6,21H,4-5,7H2,1H3,(H,19,22)(H,18,20,23). The predicted molar refractivity (Wildman–Crippen MR) is 96.2 cm³/mol. The van der Waals surface area contributed by atoms with E-state index < -0.39 is 0 Å². The monoisotopic (exact) mass is 387 g/mol. The average molecular weight is 388 g/mol. The van der Waals surface area contributed by atoms with E-state index in [0.29, 0.717) is 32.1 Å². The van der Waals surface area contributed by atoms with Crippen molar-refractivity contribution in [3.8, 4) is 0 Å². The zero-order valence-electron chi connectivity index (χ0n) is 12.7. The van der Waals surface area contributed by atoms with Crippen molar-refractivity contribution in [3.05, 3.63) is 49.9 Å². The van der Waals surface area contributed by atoms with Crippen molar-refractivity contribution >= 4 is 46.6 Å². The molecule has 0 aliphatic carbocycles. The second-order valence-corrected chi connectivity index (χ2v) is 6.68. The normalized spacial score (nSPS) is 10.7. The Morgan fingerprint density at radius 2 is 2.17 bits per heavy atom. The number of aliphatic hydroxyl groups is 1. The lowest BCUT2D eigenvalue weighted by atomic mass is 10.2. The van der Waals surface area contributed by atoms with Gasteiger partial charge in [-0.2, -0.15) is 0 Å². The van der Waals surface area contributed by atoms with Gasteiger partial charge in [-0.25, -0.2) is 4.98 Å². The number of anilines is 1. The predicted octanol–water partition coefficient (Wildman–Crippen LogP) is 2.65. The SMILES string of the molecule is Cc1nc(SCC(=O)Nc2ccc(Cl)cc2Cl)[nH]c(=O)c1CCO. The molecule has 0 aliphatic heterocycles. The molecule has 0 radical (unpaired) electrons. The summed E-state index contributed by atoms with van der Waals surface area (Å²) in [6.07, 6.45) is 0.245. The van der Waals surface area contributed by atoms with E-state index >= 15 is 0 Å². The number of carbonyl (C=O) groups is 1. The van der Waals surface area contributed by atoms with Gasteiger partial charge in [0, 0.05) is 29.3 Å². The number of rotatable bonds is 6. The highest BCUT2D eigenvalue weighted by molar-refractivity contribution is 7.99. The van der Waals surface area contributed by atoms with E-state index in [9.17, 15) is 9.59 Å².